The minimum atomic E-state index is -1.27. The minimum Gasteiger partial charge on any atom is -0.497 e. The Kier molecular flexibility index (Phi) is 11.9. The van der Waals surface area contributed by atoms with Gasteiger partial charge >= 0.3 is 5.97 Å². The van der Waals surface area contributed by atoms with Crippen molar-refractivity contribution >= 4 is 41.0 Å². The van der Waals surface area contributed by atoms with Crippen LogP contribution in [0.5, 0.6) is 23.0 Å². The third-order valence-electron chi connectivity index (χ3n) is 10.8. The molecule has 8 rings (SSSR count). The monoisotopic (exact) mass is 861 g/mol. The highest BCUT2D eigenvalue weighted by Gasteiger charge is 2.39. The topological polar surface area (TPSA) is 150 Å². The van der Waals surface area contributed by atoms with Gasteiger partial charge in [-0.15, -0.1) is 0 Å². The number of carbonyl (C=O) groups excluding carboxylic acids is 2. The molecule has 0 unspecified atom stereocenters. The van der Waals surface area contributed by atoms with Crippen molar-refractivity contribution in [3.8, 4) is 34.1 Å². The number of nitrogens with one attached hydrogen (secondary N) is 1. The fourth-order valence-electron chi connectivity index (χ4n) is 7.52. The number of fused-ring (bicyclic) bond motifs is 2. The molecule has 2 N–H and O–H groups in total. The van der Waals surface area contributed by atoms with Crippen LogP contribution in [0.25, 0.3) is 11.1 Å². The van der Waals surface area contributed by atoms with Crippen molar-refractivity contribution in [3.05, 3.63) is 158 Å². The molecule has 0 fully saturated rings. The average Bonchev–Trinajstić information content (AvgIpc) is 3.62. The van der Waals surface area contributed by atoms with Gasteiger partial charge in [0.2, 0.25) is 5.91 Å². The van der Waals surface area contributed by atoms with Gasteiger partial charge in [0, 0.05) is 26.3 Å². The Labute approximate surface area is 361 Å². The number of carboxylic acid groups (broad SMARTS) is 1. The van der Waals surface area contributed by atoms with E-state index < -0.39 is 36.0 Å². The number of amides is 2. The molecule has 3 heterocycles. The van der Waals surface area contributed by atoms with Gasteiger partial charge in [0.15, 0.2) is 29.2 Å². The van der Waals surface area contributed by atoms with Gasteiger partial charge in [-0.05, 0) is 94.4 Å². The zero-order valence-electron chi connectivity index (χ0n) is 33.4. The molecule has 2 aliphatic heterocycles. The van der Waals surface area contributed by atoms with Gasteiger partial charge in [-0.3, -0.25) is 9.59 Å². The van der Waals surface area contributed by atoms with E-state index in [1.54, 1.807) is 33.1 Å². The van der Waals surface area contributed by atoms with Crippen LogP contribution in [0.4, 0.5) is 0 Å². The van der Waals surface area contributed by atoms with E-state index in [1.165, 1.54) is 4.90 Å². The number of nitrogens with zero attached hydrogens (tertiary/aromatic N) is 2. The number of oxazole rings is 1. The lowest BCUT2D eigenvalue weighted by molar-refractivity contribution is -0.142. The summed E-state index contributed by atoms with van der Waals surface area (Å²) in [6.07, 6.45) is -0.311. The Morgan fingerprint density at radius 2 is 1.52 bits per heavy atom. The maximum atomic E-state index is 14.2. The molecule has 5 aromatic carbocycles. The molecule has 2 amide bonds. The summed E-state index contributed by atoms with van der Waals surface area (Å²) in [5, 5.41) is 13.9. The molecule has 312 valence electrons. The van der Waals surface area contributed by atoms with Crippen LogP contribution in [-0.4, -0.2) is 58.6 Å². The van der Waals surface area contributed by atoms with Crippen LogP contribution >= 0.6 is 23.2 Å². The quantitative estimate of drug-likeness (QED) is 0.122. The van der Waals surface area contributed by atoms with Crippen molar-refractivity contribution in [1.29, 1.82) is 0 Å². The Morgan fingerprint density at radius 1 is 0.852 bits per heavy atom. The number of aryl methyl sites for hydroxylation is 2. The summed E-state index contributed by atoms with van der Waals surface area (Å²) in [6, 6.07) is 29.3. The Balaban J connectivity index is 0.985. The van der Waals surface area contributed by atoms with Crippen molar-refractivity contribution in [1.82, 2.24) is 15.2 Å². The number of hydrogen-bond acceptors (Lipinski definition) is 9. The highest BCUT2D eigenvalue weighted by molar-refractivity contribution is 6.42. The Morgan fingerprint density at radius 3 is 2.18 bits per heavy atom. The van der Waals surface area contributed by atoms with E-state index in [0.29, 0.717) is 51.1 Å². The average molecular weight is 863 g/mol. The fraction of sp³-hybridized carbons (Fsp3) is 0.234. The van der Waals surface area contributed by atoms with Crippen LogP contribution in [0.3, 0.4) is 0 Å². The zero-order chi connectivity index (χ0) is 42.8. The molecule has 0 spiro atoms. The summed E-state index contributed by atoms with van der Waals surface area (Å²) in [5.74, 6) is 0.675. The second kappa shape index (κ2) is 17.6. The molecule has 14 heteroatoms. The van der Waals surface area contributed by atoms with Crippen LogP contribution in [0.15, 0.2) is 108 Å². The summed E-state index contributed by atoms with van der Waals surface area (Å²) in [5.41, 5.74) is 5.98. The van der Waals surface area contributed by atoms with E-state index in [2.05, 4.69) is 10.3 Å². The number of carbonyl (C=O) groups is 3. The zero-order valence-corrected chi connectivity index (χ0v) is 35.0. The van der Waals surface area contributed by atoms with Gasteiger partial charge < -0.3 is 38.7 Å². The SMILES string of the molecule is COc1ccc(-c2ccc(C[C@H](NC(=O)[C@@H]3Cc4cc5c(cc4CN3C(=O)c3nc(C)oc3C)O[C@@H](c3ccc(OCc4ccc(Cl)c(Cl)c4)cc3)CO5)C(=O)O)cc2)cc1. The van der Waals surface area contributed by atoms with Crippen molar-refractivity contribution in [3.63, 3.8) is 0 Å². The first kappa shape index (κ1) is 41.2. The molecule has 1 aromatic heterocycles. The van der Waals surface area contributed by atoms with Crippen LogP contribution in [0.1, 0.15) is 56.1 Å². The van der Waals surface area contributed by atoms with Gasteiger partial charge in [0.25, 0.3) is 5.91 Å². The summed E-state index contributed by atoms with van der Waals surface area (Å²) in [7, 11) is 1.61. The third-order valence-corrected chi connectivity index (χ3v) is 11.5. The molecule has 0 saturated carbocycles. The van der Waals surface area contributed by atoms with Gasteiger partial charge in [-0.2, -0.15) is 0 Å². The minimum absolute atomic E-state index is 0.0222. The highest BCUT2D eigenvalue weighted by Crippen LogP contribution is 2.41. The molecule has 61 heavy (non-hydrogen) atoms. The highest BCUT2D eigenvalue weighted by atomic mass is 35.5. The van der Waals surface area contributed by atoms with Gasteiger partial charge in [0.1, 0.15) is 42.6 Å². The Bertz CT molecular complexity index is 2590. The first-order valence-electron chi connectivity index (χ1n) is 19.6. The number of halogens is 2. The predicted octanol–water partition coefficient (Wildman–Crippen LogP) is 8.74. The van der Waals surface area contributed by atoms with Crippen LogP contribution in [-0.2, 0) is 35.6 Å². The van der Waals surface area contributed by atoms with E-state index in [-0.39, 0.29) is 31.7 Å². The number of hydrogen-bond donors (Lipinski definition) is 2. The third kappa shape index (κ3) is 9.15. The molecule has 0 saturated heterocycles. The number of rotatable bonds is 12. The number of aliphatic carboxylic acids is 1. The Hall–Kier alpha value is -6.50. The number of aromatic nitrogens is 1. The summed E-state index contributed by atoms with van der Waals surface area (Å²) >= 11 is 12.2. The summed E-state index contributed by atoms with van der Waals surface area (Å²) < 4.78 is 29.5. The molecule has 0 bridgehead atoms. The maximum Gasteiger partial charge on any atom is 0.326 e. The van der Waals surface area contributed by atoms with Crippen LogP contribution < -0.4 is 24.3 Å². The molecule has 3 atom stereocenters. The maximum absolute atomic E-state index is 14.2. The molecule has 2 aliphatic rings. The van der Waals surface area contributed by atoms with Crippen molar-refractivity contribution in [2.45, 2.75) is 58.0 Å². The van der Waals surface area contributed by atoms with E-state index in [9.17, 15) is 19.5 Å². The van der Waals surface area contributed by atoms with Crippen molar-refractivity contribution in [2.75, 3.05) is 13.7 Å². The lowest BCUT2D eigenvalue weighted by Gasteiger charge is -2.37. The molecule has 0 aliphatic carbocycles. The molecular formula is C47H41Cl2N3O9. The molecule has 6 aromatic rings. The lowest BCUT2D eigenvalue weighted by atomic mass is 9.91. The number of carboxylic acids is 1. The largest absolute Gasteiger partial charge is 0.497 e. The summed E-state index contributed by atoms with van der Waals surface area (Å²) in [4.78, 5) is 46.7. The lowest BCUT2D eigenvalue weighted by Crippen LogP contribution is -2.56. The first-order valence-corrected chi connectivity index (χ1v) is 20.3. The normalized spacial score (nSPS) is 16.0. The molecule has 12 nitrogen and oxygen atoms in total. The number of benzene rings is 5. The fourth-order valence-corrected chi connectivity index (χ4v) is 7.84. The predicted molar refractivity (Wildman–Crippen MR) is 228 cm³/mol. The summed E-state index contributed by atoms with van der Waals surface area (Å²) in [6.45, 7) is 3.84. The standard InChI is InChI=1S/C47H41Cl2N3O9/c1-26-44(50-27(2)60-26)46(54)52-23-34-22-42-41(59-25-43(61-42)32-11-15-36(16-12-32)58-24-29-6-17-37(48)38(49)18-29)21-33(34)20-40(52)45(53)51-39(47(55)56)19-28-4-7-30(8-5-28)31-9-13-35(57-3)14-10-31/h4-18,21-22,39-40,43H,19-20,23-25H2,1-3H3,(H,51,53)(H,55,56)/t39-,40-,43+/m0/s1. The van der Waals surface area contributed by atoms with Crippen molar-refractivity contribution < 1.29 is 42.9 Å². The van der Waals surface area contributed by atoms with E-state index in [4.69, 9.17) is 46.6 Å². The second-order valence-electron chi connectivity index (χ2n) is 14.9. The van der Waals surface area contributed by atoms with Crippen molar-refractivity contribution in [2.24, 2.45) is 0 Å². The van der Waals surface area contributed by atoms with E-state index >= 15 is 0 Å². The van der Waals surface area contributed by atoms with Crippen LogP contribution in [0.2, 0.25) is 10.0 Å². The van der Waals surface area contributed by atoms with Gasteiger partial charge in [-0.1, -0.05) is 77.8 Å². The smallest absolute Gasteiger partial charge is 0.326 e. The van der Waals surface area contributed by atoms with Gasteiger partial charge in [0.05, 0.1) is 17.2 Å². The van der Waals surface area contributed by atoms with E-state index in [0.717, 1.165) is 39.1 Å². The first-order chi connectivity index (χ1) is 29.4. The van der Waals surface area contributed by atoms with Gasteiger partial charge in [-0.25, -0.2) is 9.78 Å². The second-order valence-corrected chi connectivity index (χ2v) is 15.7. The molecular weight excluding hydrogens is 821 g/mol. The van der Waals surface area contributed by atoms with Crippen LogP contribution in [0, 0.1) is 13.8 Å². The number of methoxy groups -OCH3 is 1. The van der Waals surface area contributed by atoms with E-state index in [1.807, 2.05) is 91.0 Å². The molecule has 0 radical (unpaired) electrons. The number of ether oxygens (including phenoxy) is 4.